The summed E-state index contributed by atoms with van der Waals surface area (Å²) in [5.74, 6) is 0.679. The molecule has 3 fully saturated rings. The lowest BCUT2D eigenvalue weighted by atomic mass is 9.71. The van der Waals surface area contributed by atoms with Crippen LogP contribution in [0.2, 0.25) is 0 Å². The van der Waals surface area contributed by atoms with Crippen molar-refractivity contribution < 1.29 is 28.2 Å². The number of esters is 1. The van der Waals surface area contributed by atoms with E-state index in [9.17, 15) is 18.7 Å². The van der Waals surface area contributed by atoms with Gasteiger partial charge in [0, 0.05) is 5.56 Å². The highest BCUT2D eigenvalue weighted by Crippen LogP contribution is 2.43. The molecule has 1 aromatic carbocycles. The lowest BCUT2D eigenvalue weighted by molar-refractivity contribution is -0.158. The first-order valence-electron chi connectivity index (χ1n) is 14.9. The minimum Gasteiger partial charge on any atom is -0.487 e. The van der Waals surface area contributed by atoms with Gasteiger partial charge in [0.1, 0.15) is 12.2 Å². The number of carbonyl (C=O) groups excluding carboxylic acids is 1. The van der Waals surface area contributed by atoms with E-state index in [-0.39, 0.29) is 41.3 Å². The van der Waals surface area contributed by atoms with Gasteiger partial charge < -0.3 is 14.6 Å². The topological polar surface area (TPSA) is 55.8 Å². The molecule has 0 spiro atoms. The molecule has 206 valence electrons. The van der Waals surface area contributed by atoms with Gasteiger partial charge in [-0.2, -0.15) is 4.39 Å². The van der Waals surface area contributed by atoms with Gasteiger partial charge in [0.05, 0.1) is 12.0 Å². The van der Waals surface area contributed by atoms with Gasteiger partial charge in [-0.3, -0.25) is 4.79 Å². The van der Waals surface area contributed by atoms with Crippen molar-refractivity contribution in [2.45, 2.75) is 122 Å². The van der Waals surface area contributed by atoms with Crippen LogP contribution >= 0.6 is 0 Å². The molecule has 6 heteroatoms. The maximum absolute atomic E-state index is 14.7. The Morgan fingerprint density at radius 1 is 0.892 bits per heavy atom. The highest BCUT2D eigenvalue weighted by atomic mass is 19.2. The molecule has 1 aliphatic heterocycles. The number of hydrogen-bond acceptors (Lipinski definition) is 4. The molecule has 37 heavy (non-hydrogen) atoms. The summed E-state index contributed by atoms with van der Waals surface area (Å²) in [7, 11) is 0. The number of carbonyl (C=O) groups is 1. The summed E-state index contributed by atoms with van der Waals surface area (Å²) < 4.78 is 41.1. The number of benzene rings is 1. The fourth-order valence-electron chi connectivity index (χ4n) is 7.56. The van der Waals surface area contributed by atoms with Crippen LogP contribution in [0.3, 0.4) is 0 Å². The predicted octanol–water partition coefficient (Wildman–Crippen LogP) is 7.45. The average Bonchev–Trinajstić information content (AvgIpc) is 2.91. The second-order valence-electron chi connectivity index (χ2n) is 12.6. The van der Waals surface area contributed by atoms with Crippen LogP contribution < -0.4 is 4.74 Å². The molecule has 1 N–H and O–H groups in total. The van der Waals surface area contributed by atoms with Crippen molar-refractivity contribution in [3.8, 4) is 5.75 Å². The van der Waals surface area contributed by atoms with E-state index in [0.717, 1.165) is 62.7 Å². The number of ether oxygens (including phenoxy) is 2. The third-order valence-corrected chi connectivity index (χ3v) is 10.0. The van der Waals surface area contributed by atoms with Gasteiger partial charge in [0.15, 0.2) is 11.6 Å². The number of hydrogen-bond donors (Lipinski definition) is 1. The molecule has 3 aliphatic carbocycles. The number of aryl methyl sites for hydroxylation is 1. The number of aliphatic hydroxyl groups excluding tert-OH is 1. The van der Waals surface area contributed by atoms with Crippen LogP contribution in [-0.4, -0.2) is 23.3 Å². The Labute approximate surface area is 220 Å². The van der Waals surface area contributed by atoms with Gasteiger partial charge in [-0.1, -0.05) is 19.8 Å². The Morgan fingerprint density at radius 2 is 1.49 bits per heavy atom. The van der Waals surface area contributed by atoms with E-state index in [0.29, 0.717) is 12.0 Å². The van der Waals surface area contributed by atoms with Crippen LogP contribution in [0.25, 0.3) is 0 Å². The summed E-state index contributed by atoms with van der Waals surface area (Å²) >= 11 is 0. The van der Waals surface area contributed by atoms with Crippen molar-refractivity contribution in [3.63, 3.8) is 0 Å². The molecule has 0 saturated heterocycles. The molecule has 3 saturated carbocycles. The lowest BCUT2D eigenvalue weighted by Crippen LogP contribution is -2.36. The molecule has 1 heterocycles. The minimum absolute atomic E-state index is 0.00183. The van der Waals surface area contributed by atoms with Gasteiger partial charge in [0.2, 0.25) is 5.82 Å². The molecule has 0 aromatic heterocycles. The maximum atomic E-state index is 14.7. The van der Waals surface area contributed by atoms with Crippen LogP contribution in [0.15, 0.2) is 6.07 Å². The smallest absolute Gasteiger partial charge is 0.309 e. The summed E-state index contributed by atoms with van der Waals surface area (Å²) in [6.45, 7) is 3.81. The molecule has 0 bridgehead atoms. The van der Waals surface area contributed by atoms with Crippen LogP contribution in [0.4, 0.5) is 8.78 Å². The Kier molecular flexibility index (Phi) is 8.43. The molecule has 4 nitrogen and oxygen atoms in total. The number of rotatable bonds is 5. The maximum Gasteiger partial charge on any atom is 0.309 e. The van der Waals surface area contributed by atoms with E-state index in [1.807, 2.05) is 0 Å². The SMILES string of the molecule is CC1CCC(C2CCC(OC(=O)C3CCC(C4CCc5cc(C(C)O)c(F)c(F)c5O4)CC3)CC2)CC1. The van der Waals surface area contributed by atoms with Crippen LogP contribution in [0.5, 0.6) is 5.75 Å². The van der Waals surface area contributed by atoms with Gasteiger partial charge in [-0.15, -0.1) is 0 Å². The molecule has 4 aliphatic rings. The zero-order valence-corrected chi connectivity index (χ0v) is 22.5. The first-order chi connectivity index (χ1) is 17.8. The van der Waals surface area contributed by atoms with E-state index >= 15 is 0 Å². The Bertz CT molecular complexity index is 939. The third kappa shape index (κ3) is 5.99. The van der Waals surface area contributed by atoms with E-state index in [2.05, 4.69) is 6.92 Å². The predicted molar refractivity (Wildman–Crippen MR) is 138 cm³/mol. The first-order valence-corrected chi connectivity index (χ1v) is 14.9. The van der Waals surface area contributed by atoms with Crippen molar-refractivity contribution in [3.05, 3.63) is 28.8 Å². The van der Waals surface area contributed by atoms with Crippen molar-refractivity contribution >= 4 is 5.97 Å². The van der Waals surface area contributed by atoms with E-state index in [1.165, 1.54) is 51.5 Å². The summed E-state index contributed by atoms with van der Waals surface area (Å²) in [5.41, 5.74) is 0.602. The minimum atomic E-state index is -1.07. The quantitative estimate of drug-likeness (QED) is 0.412. The molecule has 2 atom stereocenters. The zero-order chi connectivity index (χ0) is 26.1. The second-order valence-corrected chi connectivity index (χ2v) is 12.6. The van der Waals surface area contributed by atoms with Crippen LogP contribution in [0.1, 0.15) is 115 Å². The van der Waals surface area contributed by atoms with Crippen molar-refractivity contribution in [2.24, 2.45) is 29.6 Å². The number of fused-ring (bicyclic) bond motifs is 1. The van der Waals surface area contributed by atoms with Gasteiger partial charge in [0.25, 0.3) is 0 Å². The van der Waals surface area contributed by atoms with Gasteiger partial charge in [-0.25, -0.2) is 4.39 Å². The van der Waals surface area contributed by atoms with Crippen LogP contribution in [0, 0.1) is 41.2 Å². The second kappa shape index (κ2) is 11.6. The van der Waals surface area contributed by atoms with Crippen molar-refractivity contribution in [1.29, 1.82) is 0 Å². The summed E-state index contributed by atoms with van der Waals surface area (Å²) in [4.78, 5) is 12.9. The monoisotopic (exact) mass is 518 g/mol. The normalized spacial score (nSPS) is 35.2. The average molecular weight is 519 g/mol. The Balaban J connectivity index is 1.07. The largest absolute Gasteiger partial charge is 0.487 e. The van der Waals surface area contributed by atoms with E-state index < -0.39 is 17.7 Å². The van der Waals surface area contributed by atoms with Gasteiger partial charge >= 0.3 is 5.97 Å². The highest BCUT2D eigenvalue weighted by molar-refractivity contribution is 5.72. The standard InChI is InChI=1S/C31H44F2O4/c1-18-3-5-20(6-4-18)21-11-14-25(15-12-21)36-31(35)23-9-7-22(8-10-23)27-16-13-24-17-26(19(2)34)28(32)29(33)30(24)37-27/h17-23,25,27,34H,3-16H2,1-2H3. The molecular weight excluding hydrogens is 474 g/mol. The first kappa shape index (κ1) is 26.9. The summed E-state index contributed by atoms with van der Waals surface area (Å²) in [5, 5.41) is 9.75. The van der Waals surface area contributed by atoms with Crippen molar-refractivity contribution in [1.82, 2.24) is 0 Å². The van der Waals surface area contributed by atoms with Gasteiger partial charge in [-0.05, 0) is 119 Å². The van der Waals surface area contributed by atoms with Crippen molar-refractivity contribution in [2.75, 3.05) is 0 Å². The Hall–Kier alpha value is -1.69. The summed E-state index contributed by atoms with van der Waals surface area (Å²) in [6, 6.07) is 1.53. The number of aliphatic hydroxyl groups is 1. The molecule has 0 amide bonds. The third-order valence-electron chi connectivity index (χ3n) is 10.0. The Morgan fingerprint density at radius 3 is 2.11 bits per heavy atom. The number of halogens is 2. The molecule has 5 rings (SSSR count). The fourth-order valence-corrected chi connectivity index (χ4v) is 7.56. The summed E-state index contributed by atoms with van der Waals surface area (Å²) in [6.07, 6.45) is 13.3. The molecule has 1 aromatic rings. The highest BCUT2D eigenvalue weighted by Gasteiger charge is 2.37. The van der Waals surface area contributed by atoms with E-state index in [1.54, 1.807) is 0 Å². The molecule has 2 unspecified atom stereocenters. The van der Waals surface area contributed by atoms with E-state index in [4.69, 9.17) is 9.47 Å². The molecule has 0 radical (unpaired) electrons. The lowest BCUT2D eigenvalue weighted by Gasteiger charge is -2.38. The van der Waals surface area contributed by atoms with Crippen LogP contribution in [-0.2, 0) is 16.0 Å². The molecular formula is C31H44F2O4. The fraction of sp³-hybridized carbons (Fsp3) is 0.774. The zero-order valence-electron chi connectivity index (χ0n) is 22.5.